The van der Waals surface area contributed by atoms with Gasteiger partial charge in [0.25, 0.3) is 0 Å². The van der Waals surface area contributed by atoms with Crippen molar-refractivity contribution in [2.75, 3.05) is 6.26 Å². The number of hydrogen-bond donors (Lipinski definition) is 2. The normalized spacial score (nSPS) is 12.8. The average molecular weight is 247 g/mol. The monoisotopic (exact) mass is 247 g/mol. The Morgan fingerprint density at radius 3 is 2.25 bits per heavy atom. The van der Waals surface area contributed by atoms with E-state index >= 15 is 0 Å². The number of nitrogens with two attached hydrogens (primary N) is 1. The lowest BCUT2D eigenvalue weighted by molar-refractivity contribution is 0.431. The first-order valence-corrected chi connectivity index (χ1v) is 6.45. The van der Waals surface area contributed by atoms with Gasteiger partial charge in [0.1, 0.15) is 10.6 Å². The van der Waals surface area contributed by atoms with Crippen molar-refractivity contribution in [2.45, 2.75) is 24.3 Å². The van der Waals surface area contributed by atoms with Gasteiger partial charge < -0.3 is 10.8 Å². The predicted octanol–water partition coefficient (Wildman–Crippen LogP) is 1.13. The van der Waals surface area contributed by atoms with Crippen LogP contribution in [0.15, 0.2) is 17.0 Å². The van der Waals surface area contributed by atoms with E-state index in [1.807, 2.05) is 0 Å². The summed E-state index contributed by atoms with van der Waals surface area (Å²) in [7, 11) is -3.83. The van der Waals surface area contributed by atoms with E-state index in [0.29, 0.717) is 0 Å². The summed E-state index contributed by atoms with van der Waals surface area (Å²) in [6.45, 7) is 3.10. The SMILES string of the molecule is CC(C)(N)c1ccc(O)c(S(C)(=O)=O)c1F. The topological polar surface area (TPSA) is 80.4 Å². The van der Waals surface area contributed by atoms with Crippen LogP contribution >= 0.6 is 0 Å². The molecule has 0 unspecified atom stereocenters. The molecule has 90 valence electrons. The minimum absolute atomic E-state index is 0.0470. The van der Waals surface area contributed by atoms with E-state index in [4.69, 9.17) is 5.73 Å². The smallest absolute Gasteiger partial charge is 0.182 e. The maximum atomic E-state index is 13.9. The number of halogens is 1. The highest BCUT2D eigenvalue weighted by Crippen LogP contribution is 2.31. The number of rotatable bonds is 2. The van der Waals surface area contributed by atoms with Crippen molar-refractivity contribution in [3.63, 3.8) is 0 Å². The van der Waals surface area contributed by atoms with Gasteiger partial charge in [0.05, 0.1) is 0 Å². The highest BCUT2D eigenvalue weighted by atomic mass is 32.2. The van der Waals surface area contributed by atoms with Gasteiger partial charge in [-0.15, -0.1) is 0 Å². The van der Waals surface area contributed by atoms with Crippen molar-refractivity contribution in [3.8, 4) is 5.75 Å². The van der Waals surface area contributed by atoms with Gasteiger partial charge in [0, 0.05) is 17.4 Å². The first-order chi connectivity index (χ1) is 7.05. The van der Waals surface area contributed by atoms with Gasteiger partial charge >= 0.3 is 0 Å². The van der Waals surface area contributed by atoms with E-state index in [0.717, 1.165) is 12.3 Å². The van der Waals surface area contributed by atoms with Crippen molar-refractivity contribution in [3.05, 3.63) is 23.5 Å². The summed E-state index contributed by atoms with van der Waals surface area (Å²) in [4.78, 5) is -0.705. The molecule has 0 aromatic heterocycles. The third kappa shape index (κ3) is 2.33. The zero-order chi connectivity index (χ0) is 12.7. The summed E-state index contributed by atoms with van der Waals surface area (Å²) in [6, 6.07) is 2.41. The minimum atomic E-state index is -3.83. The van der Waals surface area contributed by atoms with Crippen LogP contribution < -0.4 is 5.73 Å². The molecule has 1 aromatic carbocycles. The molecule has 16 heavy (non-hydrogen) atoms. The highest BCUT2D eigenvalue weighted by Gasteiger charge is 2.27. The van der Waals surface area contributed by atoms with Crippen molar-refractivity contribution in [2.24, 2.45) is 5.73 Å². The number of phenols is 1. The molecular formula is C10H14FNO3S. The van der Waals surface area contributed by atoms with E-state index in [9.17, 15) is 17.9 Å². The van der Waals surface area contributed by atoms with Gasteiger partial charge in [-0.05, 0) is 19.9 Å². The predicted molar refractivity (Wildman–Crippen MR) is 58.4 cm³/mol. The fourth-order valence-electron chi connectivity index (χ4n) is 1.40. The van der Waals surface area contributed by atoms with Crippen LogP contribution in [-0.2, 0) is 15.4 Å². The Hall–Kier alpha value is -1.14. The molecule has 0 fully saturated rings. The standard InChI is InChI=1S/C10H14FNO3S/c1-10(2,12)6-4-5-7(13)9(8(6)11)16(3,14)15/h4-5,13H,12H2,1-3H3. The van der Waals surface area contributed by atoms with Gasteiger partial charge in [-0.2, -0.15) is 0 Å². The molecule has 3 N–H and O–H groups in total. The fourth-order valence-corrected chi connectivity index (χ4v) is 2.28. The van der Waals surface area contributed by atoms with Gasteiger partial charge in [-0.1, -0.05) is 6.07 Å². The molecule has 0 aliphatic carbocycles. The number of aromatic hydroxyl groups is 1. The Morgan fingerprint density at radius 1 is 1.38 bits per heavy atom. The molecule has 0 bridgehead atoms. The van der Waals surface area contributed by atoms with Crippen LogP contribution in [0.2, 0.25) is 0 Å². The van der Waals surface area contributed by atoms with E-state index in [1.165, 1.54) is 6.07 Å². The molecule has 0 aliphatic rings. The lowest BCUT2D eigenvalue weighted by atomic mass is 9.95. The van der Waals surface area contributed by atoms with E-state index in [-0.39, 0.29) is 5.56 Å². The number of hydrogen-bond acceptors (Lipinski definition) is 4. The molecule has 6 heteroatoms. The van der Waals surface area contributed by atoms with E-state index in [1.54, 1.807) is 13.8 Å². The van der Waals surface area contributed by atoms with Crippen molar-refractivity contribution >= 4 is 9.84 Å². The quantitative estimate of drug-likeness (QED) is 0.821. The molecule has 4 nitrogen and oxygen atoms in total. The van der Waals surface area contributed by atoms with E-state index < -0.39 is 31.8 Å². The van der Waals surface area contributed by atoms with Crippen LogP contribution in [0.25, 0.3) is 0 Å². The molecule has 0 saturated heterocycles. The first-order valence-electron chi connectivity index (χ1n) is 4.56. The summed E-state index contributed by atoms with van der Waals surface area (Å²) in [5.74, 6) is -1.59. The molecule has 0 amide bonds. The van der Waals surface area contributed by atoms with Gasteiger partial charge in [0.2, 0.25) is 0 Å². The van der Waals surface area contributed by atoms with Crippen LogP contribution in [0.5, 0.6) is 5.75 Å². The third-order valence-corrected chi connectivity index (χ3v) is 3.27. The zero-order valence-corrected chi connectivity index (χ0v) is 10.1. The molecule has 0 heterocycles. The molecule has 0 saturated carbocycles. The number of sulfone groups is 1. The van der Waals surface area contributed by atoms with Crippen LogP contribution in [0, 0.1) is 5.82 Å². The Bertz CT molecular complexity index is 518. The largest absolute Gasteiger partial charge is 0.506 e. The number of benzene rings is 1. The highest BCUT2D eigenvalue weighted by molar-refractivity contribution is 7.90. The molecule has 0 radical (unpaired) electrons. The Kier molecular flexibility index (Phi) is 3.00. The second-order valence-electron chi connectivity index (χ2n) is 4.27. The van der Waals surface area contributed by atoms with Crippen LogP contribution in [-0.4, -0.2) is 19.8 Å². The number of phenolic OH excluding ortho intramolecular Hbond substituents is 1. The fraction of sp³-hybridized carbons (Fsp3) is 0.400. The second kappa shape index (κ2) is 3.71. The molecule has 0 spiro atoms. The minimum Gasteiger partial charge on any atom is -0.506 e. The van der Waals surface area contributed by atoms with Crippen LogP contribution in [0.4, 0.5) is 4.39 Å². The third-order valence-electron chi connectivity index (χ3n) is 2.14. The maximum absolute atomic E-state index is 13.9. The van der Waals surface area contributed by atoms with Gasteiger partial charge in [-0.25, -0.2) is 12.8 Å². The Morgan fingerprint density at radius 2 is 1.88 bits per heavy atom. The molecule has 1 rings (SSSR count). The van der Waals surface area contributed by atoms with Gasteiger partial charge in [-0.3, -0.25) is 0 Å². The molecule has 0 atom stereocenters. The summed E-state index contributed by atoms with van der Waals surface area (Å²) in [5.41, 5.74) is 4.73. The van der Waals surface area contributed by atoms with Gasteiger partial charge in [0.15, 0.2) is 15.7 Å². The summed E-state index contributed by atoms with van der Waals surface area (Å²) >= 11 is 0. The van der Waals surface area contributed by atoms with Crippen LogP contribution in [0.3, 0.4) is 0 Å². The summed E-state index contributed by atoms with van der Waals surface area (Å²) in [6.07, 6.45) is 0.832. The Balaban J connectivity index is 3.65. The van der Waals surface area contributed by atoms with Crippen molar-refractivity contribution in [1.29, 1.82) is 0 Å². The molecule has 1 aromatic rings. The van der Waals surface area contributed by atoms with Crippen molar-refractivity contribution in [1.82, 2.24) is 0 Å². The summed E-state index contributed by atoms with van der Waals surface area (Å²) < 4.78 is 36.5. The second-order valence-corrected chi connectivity index (χ2v) is 6.22. The lowest BCUT2D eigenvalue weighted by Gasteiger charge is -2.21. The molecule has 0 aliphatic heterocycles. The Labute approximate surface area is 93.8 Å². The maximum Gasteiger partial charge on any atom is 0.182 e. The average Bonchev–Trinajstić information content (AvgIpc) is 1.97. The summed E-state index contributed by atoms with van der Waals surface area (Å²) in [5, 5.41) is 9.36. The lowest BCUT2D eigenvalue weighted by Crippen LogP contribution is -2.30. The van der Waals surface area contributed by atoms with E-state index in [2.05, 4.69) is 0 Å². The van der Waals surface area contributed by atoms with Crippen LogP contribution in [0.1, 0.15) is 19.4 Å². The first kappa shape index (κ1) is 12.9. The van der Waals surface area contributed by atoms with Crippen molar-refractivity contribution < 1.29 is 17.9 Å². The zero-order valence-electron chi connectivity index (χ0n) is 9.28. The molecular weight excluding hydrogens is 233 g/mol.